The fourth-order valence-corrected chi connectivity index (χ4v) is 7.17. The minimum atomic E-state index is -1.89. The molecule has 5 rings (SSSR count). The Balaban J connectivity index is 1.31. The molecule has 1 unspecified atom stereocenters. The maximum Gasteiger partial charge on any atom is 0.330 e. The molecular weight excluding hydrogens is 588 g/mol. The molecule has 3 aliphatic rings. The van der Waals surface area contributed by atoms with E-state index in [-0.39, 0.29) is 19.7 Å². The van der Waals surface area contributed by atoms with Crippen LogP contribution in [0.15, 0.2) is 60.7 Å². The van der Waals surface area contributed by atoms with Crippen LogP contribution >= 0.6 is 11.8 Å². The van der Waals surface area contributed by atoms with Gasteiger partial charge in [0.05, 0.1) is 0 Å². The third-order valence-electron chi connectivity index (χ3n) is 7.96. The van der Waals surface area contributed by atoms with Crippen molar-refractivity contribution in [3.63, 3.8) is 0 Å². The van der Waals surface area contributed by atoms with Crippen molar-refractivity contribution in [2.75, 3.05) is 19.6 Å². The van der Waals surface area contributed by atoms with Gasteiger partial charge < -0.3 is 25.2 Å². The van der Waals surface area contributed by atoms with Crippen molar-refractivity contribution in [2.24, 2.45) is 5.73 Å². The van der Waals surface area contributed by atoms with E-state index < -0.39 is 63.5 Å². The number of thioether (sulfide) groups is 1. The predicted octanol–water partition coefficient (Wildman–Crippen LogP) is 0.705. The lowest BCUT2D eigenvalue weighted by atomic mass is 9.91. The number of carbonyl (C=O) groups excluding carboxylic acids is 6. The molecule has 13 nitrogen and oxygen atoms in total. The van der Waals surface area contributed by atoms with Gasteiger partial charge in [-0.15, -0.1) is 11.8 Å². The van der Waals surface area contributed by atoms with Crippen LogP contribution in [0.4, 0.5) is 4.79 Å². The molecule has 3 heterocycles. The van der Waals surface area contributed by atoms with E-state index in [0.717, 1.165) is 10.5 Å². The quantitative estimate of drug-likeness (QED) is 0.166. The number of likely N-dealkylation sites (N-methyl/N-ethyl adjacent to an activating group) is 1. The summed E-state index contributed by atoms with van der Waals surface area (Å²) in [6.45, 7) is 5.79. The average Bonchev–Trinajstić information content (AvgIpc) is 3.29. The molecule has 2 aromatic carbocycles. The molecule has 3 fully saturated rings. The fourth-order valence-electron chi connectivity index (χ4n) is 5.58. The van der Waals surface area contributed by atoms with Crippen LogP contribution in [-0.2, 0) is 35.3 Å². The fraction of sp³-hybridized carbons (Fsp3) is 0.400. The Kier molecular flexibility index (Phi) is 8.40. The van der Waals surface area contributed by atoms with E-state index in [1.165, 1.54) is 21.6 Å². The maximum atomic E-state index is 13.7. The Labute approximate surface area is 258 Å². The molecule has 232 valence electrons. The Bertz CT molecular complexity index is 1490. The third kappa shape index (κ3) is 5.50. The number of hydrogen-bond donors (Lipinski definition) is 3. The first-order valence-corrected chi connectivity index (χ1v) is 15.0. The molecule has 0 aromatic heterocycles. The summed E-state index contributed by atoms with van der Waals surface area (Å²) >= 11 is 1.26. The first kappa shape index (κ1) is 31.0. The smallest absolute Gasteiger partial charge is 0.330 e. The number of β-lactam (4-membered cyclic amide) rings is 1. The van der Waals surface area contributed by atoms with Crippen molar-refractivity contribution in [3.8, 4) is 0 Å². The Morgan fingerprint density at radius 1 is 1.00 bits per heavy atom. The minimum absolute atomic E-state index is 0.0359. The van der Waals surface area contributed by atoms with E-state index in [4.69, 9.17) is 10.5 Å². The molecule has 3 aliphatic heterocycles. The van der Waals surface area contributed by atoms with Crippen LogP contribution in [0.25, 0.3) is 0 Å². The second kappa shape index (κ2) is 11.9. The first-order valence-electron chi connectivity index (χ1n) is 14.2. The van der Waals surface area contributed by atoms with Crippen molar-refractivity contribution >= 4 is 47.4 Å². The summed E-state index contributed by atoms with van der Waals surface area (Å²) in [5.74, 6) is -3.89. The highest BCUT2D eigenvalue weighted by Gasteiger charge is 2.71. The molecule has 6 amide bonds. The number of fused-ring (bicyclic) bond motifs is 1. The van der Waals surface area contributed by atoms with Gasteiger partial charge in [0, 0.05) is 24.4 Å². The number of rotatable bonds is 8. The van der Waals surface area contributed by atoms with Gasteiger partial charge in [-0.25, -0.2) is 9.59 Å². The summed E-state index contributed by atoms with van der Waals surface area (Å²) in [6.07, 6.45) is 0. The van der Waals surface area contributed by atoms with E-state index >= 15 is 0 Å². The number of imide groups is 1. The van der Waals surface area contributed by atoms with E-state index in [2.05, 4.69) is 10.6 Å². The molecule has 4 N–H and O–H groups in total. The van der Waals surface area contributed by atoms with Crippen LogP contribution < -0.4 is 16.4 Å². The van der Waals surface area contributed by atoms with Gasteiger partial charge in [0.15, 0.2) is 5.66 Å². The van der Waals surface area contributed by atoms with Gasteiger partial charge in [-0.1, -0.05) is 60.7 Å². The van der Waals surface area contributed by atoms with Crippen molar-refractivity contribution in [1.82, 2.24) is 25.3 Å². The number of urea groups is 1. The van der Waals surface area contributed by atoms with Crippen molar-refractivity contribution in [3.05, 3.63) is 71.8 Å². The highest BCUT2D eigenvalue weighted by Crippen LogP contribution is 2.53. The van der Waals surface area contributed by atoms with Gasteiger partial charge in [0.25, 0.3) is 5.91 Å². The number of hydrogen-bond acceptors (Lipinski definition) is 9. The summed E-state index contributed by atoms with van der Waals surface area (Å²) < 4.78 is 4.75. The SMILES string of the molecule is CCN1CCN(C(=O)NC(C(=O)N[C@]2(N)C(=O)N3[C@@H](C(=O)OCc4ccccc4)C(C)(C)S[C@@H]32)c2ccccc2)C(=O)C1=O. The van der Waals surface area contributed by atoms with Crippen LogP contribution in [0.5, 0.6) is 0 Å². The number of nitrogens with two attached hydrogens (primary N) is 1. The highest BCUT2D eigenvalue weighted by molar-refractivity contribution is 8.01. The molecule has 4 atom stereocenters. The molecular formula is C30H34N6O7S. The van der Waals surface area contributed by atoms with Crippen molar-refractivity contribution in [1.29, 1.82) is 0 Å². The maximum absolute atomic E-state index is 13.7. The van der Waals surface area contributed by atoms with Gasteiger partial charge in [-0.2, -0.15) is 0 Å². The lowest BCUT2D eigenvalue weighted by molar-refractivity contribution is -0.171. The summed E-state index contributed by atoms with van der Waals surface area (Å²) in [7, 11) is 0. The van der Waals surface area contributed by atoms with Crippen LogP contribution in [0, 0.1) is 0 Å². The zero-order valence-corrected chi connectivity index (χ0v) is 25.3. The number of piperazine rings is 1. The van der Waals surface area contributed by atoms with Crippen LogP contribution in [-0.4, -0.2) is 91.8 Å². The minimum Gasteiger partial charge on any atom is -0.459 e. The third-order valence-corrected chi connectivity index (χ3v) is 9.61. The number of esters is 1. The average molecular weight is 623 g/mol. The van der Waals surface area contributed by atoms with Crippen LogP contribution in [0.1, 0.15) is 37.9 Å². The zero-order chi connectivity index (χ0) is 31.8. The zero-order valence-electron chi connectivity index (χ0n) is 24.5. The van der Waals surface area contributed by atoms with Gasteiger partial charge in [0.1, 0.15) is 24.1 Å². The number of nitrogens with one attached hydrogen (secondary N) is 2. The summed E-state index contributed by atoms with van der Waals surface area (Å²) in [6, 6.07) is 14.1. The van der Waals surface area contributed by atoms with E-state index in [0.29, 0.717) is 12.1 Å². The predicted molar refractivity (Wildman–Crippen MR) is 159 cm³/mol. The second-order valence-electron chi connectivity index (χ2n) is 11.3. The number of carbonyl (C=O) groups is 6. The summed E-state index contributed by atoms with van der Waals surface area (Å²) in [4.78, 5) is 82.0. The van der Waals surface area contributed by atoms with Crippen molar-refractivity contribution in [2.45, 2.75) is 55.2 Å². The molecule has 0 spiro atoms. The molecule has 0 aliphatic carbocycles. The van der Waals surface area contributed by atoms with E-state index in [1.54, 1.807) is 51.1 Å². The highest BCUT2D eigenvalue weighted by atomic mass is 32.2. The number of benzene rings is 2. The molecule has 44 heavy (non-hydrogen) atoms. The first-order chi connectivity index (χ1) is 20.9. The standard InChI is InChI=1S/C30H34N6O7S/c1-4-34-15-16-35(24(39)23(34)38)28(42)32-20(19-13-9-6-10-14-19)22(37)33-30(31)26(41)36-21(29(2,3)44-27(30)36)25(40)43-17-18-11-7-5-8-12-18/h5-14,20-21,27H,4,15-17,31H2,1-3H3,(H,32,42)(H,33,37)/t20?,21-,27+,30+/m0/s1. The van der Waals surface area contributed by atoms with E-state index in [9.17, 15) is 28.8 Å². The number of amides is 6. The topological polar surface area (TPSA) is 171 Å². The molecule has 0 bridgehead atoms. The van der Waals surface area contributed by atoms with Crippen LogP contribution in [0.2, 0.25) is 0 Å². The Hall–Kier alpha value is -4.43. The molecule has 14 heteroatoms. The van der Waals surface area contributed by atoms with Crippen LogP contribution in [0.3, 0.4) is 0 Å². The van der Waals surface area contributed by atoms with E-state index in [1.807, 2.05) is 30.3 Å². The number of nitrogens with zero attached hydrogens (tertiary/aromatic N) is 3. The Morgan fingerprint density at radius 3 is 2.27 bits per heavy atom. The van der Waals surface area contributed by atoms with Crippen molar-refractivity contribution < 1.29 is 33.5 Å². The van der Waals surface area contributed by atoms with Gasteiger partial charge in [-0.05, 0) is 31.9 Å². The molecule has 0 saturated carbocycles. The summed E-state index contributed by atoms with van der Waals surface area (Å²) in [5.41, 5.74) is 5.79. The lowest BCUT2D eigenvalue weighted by Gasteiger charge is -2.51. The summed E-state index contributed by atoms with van der Waals surface area (Å²) in [5, 5.41) is 4.33. The largest absolute Gasteiger partial charge is 0.459 e. The number of ether oxygens (including phenoxy) is 1. The lowest BCUT2D eigenvalue weighted by Crippen LogP contribution is -2.84. The normalized spacial score (nSPS) is 24.7. The molecule has 0 radical (unpaired) electrons. The molecule has 3 saturated heterocycles. The van der Waals surface area contributed by atoms with Gasteiger partial charge in [0.2, 0.25) is 5.91 Å². The molecule has 2 aromatic rings. The monoisotopic (exact) mass is 622 g/mol. The van der Waals surface area contributed by atoms with Gasteiger partial charge in [-0.3, -0.25) is 29.8 Å². The Morgan fingerprint density at radius 2 is 1.64 bits per heavy atom. The van der Waals surface area contributed by atoms with Gasteiger partial charge >= 0.3 is 23.8 Å². The second-order valence-corrected chi connectivity index (χ2v) is 13.0.